The van der Waals surface area contributed by atoms with Crippen LogP contribution in [-0.4, -0.2) is 21.3 Å². The van der Waals surface area contributed by atoms with Crippen LogP contribution in [0.25, 0.3) is 0 Å². The minimum atomic E-state index is 0.215. The van der Waals surface area contributed by atoms with Crippen LogP contribution in [-0.2, 0) is 0 Å². The molecule has 1 aromatic rings. The first-order valence-corrected chi connectivity index (χ1v) is 6.04. The van der Waals surface area contributed by atoms with Crippen molar-refractivity contribution in [1.82, 2.24) is 4.98 Å². The lowest BCUT2D eigenvalue weighted by atomic mass is 10.3. The second kappa shape index (κ2) is 5.97. The molecule has 15 heavy (non-hydrogen) atoms. The Morgan fingerprint density at radius 2 is 2.53 bits per heavy atom. The molecule has 0 amide bonds. The maximum atomic E-state index is 8.43. The van der Waals surface area contributed by atoms with Gasteiger partial charge in [0, 0.05) is 22.3 Å². The second-order valence-corrected chi connectivity index (χ2v) is 5.30. The van der Waals surface area contributed by atoms with Gasteiger partial charge < -0.3 is 10.9 Å². The van der Waals surface area contributed by atoms with E-state index in [0.29, 0.717) is 6.42 Å². The van der Waals surface area contributed by atoms with Gasteiger partial charge in [-0.1, -0.05) is 12.1 Å². The number of aromatic nitrogens is 1. The molecule has 0 bridgehead atoms. The van der Waals surface area contributed by atoms with Crippen molar-refractivity contribution >= 4 is 33.5 Å². The molecule has 0 aliphatic rings. The molecule has 0 spiro atoms. The summed E-state index contributed by atoms with van der Waals surface area (Å²) in [4.78, 5) is 4.22. The van der Waals surface area contributed by atoms with Crippen molar-refractivity contribution in [2.24, 2.45) is 10.9 Å². The minimum Gasteiger partial charge on any atom is -0.409 e. The van der Waals surface area contributed by atoms with Crippen LogP contribution in [0, 0.1) is 0 Å². The molecule has 3 N–H and O–H groups in total. The number of halogens is 1. The highest BCUT2D eigenvalue weighted by atomic mass is 79.9. The van der Waals surface area contributed by atoms with Gasteiger partial charge >= 0.3 is 0 Å². The molecule has 1 aromatic heterocycles. The Balaban J connectivity index is 2.59. The van der Waals surface area contributed by atoms with E-state index in [1.807, 2.05) is 19.1 Å². The molecule has 0 saturated carbocycles. The summed E-state index contributed by atoms with van der Waals surface area (Å²) in [7, 11) is 0. The Hall–Kier alpha value is -0.750. The number of hydrogen-bond acceptors (Lipinski definition) is 4. The third-order valence-electron chi connectivity index (χ3n) is 1.66. The van der Waals surface area contributed by atoms with Crippen molar-refractivity contribution in [3.05, 3.63) is 22.8 Å². The average Bonchev–Trinajstić information content (AvgIpc) is 2.21. The van der Waals surface area contributed by atoms with E-state index in [-0.39, 0.29) is 11.1 Å². The van der Waals surface area contributed by atoms with Crippen molar-refractivity contribution < 1.29 is 5.21 Å². The number of nitrogens with two attached hydrogens (primary N) is 1. The minimum absolute atomic E-state index is 0.215. The van der Waals surface area contributed by atoms with Gasteiger partial charge in [-0.25, -0.2) is 4.98 Å². The molecule has 4 nitrogen and oxygen atoms in total. The van der Waals surface area contributed by atoms with Gasteiger partial charge in [-0.15, -0.1) is 11.8 Å². The van der Waals surface area contributed by atoms with Crippen LogP contribution in [0.1, 0.15) is 13.3 Å². The Kier molecular flexibility index (Phi) is 4.90. The number of pyridine rings is 1. The quantitative estimate of drug-likeness (QED) is 0.294. The first-order chi connectivity index (χ1) is 7.13. The zero-order valence-corrected chi connectivity index (χ0v) is 10.6. The van der Waals surface area contributed by atoms with Gasteiger partial charge in [-0.05, 0) is 28.1 Å². The van der Waals surface area contributed by atoms with Crippen molar-refractivity contribution in [1.29, 1.82) is 0 Å². The van der Waals surface area contributed by atoms with Gasteiger partial charge in [0.25, 0.3) is 0 Å². The summed E-state index contributed by atoms with van der Waals surface area (Å²) >= 11 is 5.00. The van der Waals surface area contributed by atoms with Crippen LogP contribution in [0.3, 0.4) is 0 Å². The lowest BCUT2D eigenvalue weighted by molar-refractivity contribution is 0.317. The fourth-order valence-corrected chi connectivity index (χ4v) is 2.50. The first kappa shape index (κ1) is 12.3. The lowest BCUT2D eigenvalue weighted by Crippen LogP contribution is -2.16. The molecule has 0 aliphatic carbocycles. The zero-order chi connectivity index (χ0) is 11.3. The molecule has 0 fully saturated rings. The van der Waals surface area contributed by atoms with E-state index in [0.717, 1.165) is 9.50 Å². The van der Waals surface area contributed by atoms with E-state index in [2.05, 4.69) is 26.1 Å². The smallest absolute Gasteiger partial charge is 0.140 e. The number of amidine groups is 1. The molecule has 6 heteroatoms. The molecular weight excluding hydrogens is 278 g/mol. The molecule has 0 saturated heterocycles. The predicted octanol–water partition coefficient (Wildman–Crippen LogP) is 2.46. The maximum absolute atomic E-state index is 8.43. The van der Waals surface area contributed by atoms with Crippen LogP contribution in [0.2, 0.25) is 0 Å². The molecular formula is C9H12BrN3OS. The second-order valence-electron chi connectivity index (χ2n) is 3.01. The van der Waals surface area contributed by atoms with Crippen LogP contribution in [0.4, 0.5) is 0 Å². The van der Waals surface area contributed by atoms with Gasteiger partial charge in [0.05, 0.1) is 0 Å². The van der Waals surface area contributed by atoms with E-state index >= 15 is 0 Å². The van der Waals surface area contributed by atoms with E-state index in [9.17, 15) is 0 Å². The van der Waals surface area contributed by atoms with Crippen molar-refractivity contribution in [2.75, 3.05) is 0 Å². The fourth-order valence-electron chi connectivity index (χ4n) is 1.03. The molecule has 1 rings (SSSR count). The highest BCUT2D eigenvalue weighted by molar-refractivity contribution is 9.10. The predicted molar refractivity (Wildman–Crippen MR) is 65.3 cm³/mol. The number of nitrogens with zero attached hydrogens (tertiary/aromatic N) is 2. The van der Waals surface area contributed by atoms with Crippen molar-refractivity contribution in [3.63, 3.8) is 0 Å². The monoisotopic (exact) mass is 289 g/mol. The van der Waals surface area contributed by atoms with Gasteiger partial charge in [0.2, 0.25) is 0 Å². The fraction of sp³-hybridized carbons (Fsp3) is 0.333. The number of rotatable bonds is 4. The number of hydrogen-bond donors (Lipinski definition) is 2. The SMILES string of the molecule is CC(CC(N)=NO)Sc1ncccc1Br. The van der Waals surface area contributed by atoms with Gasteiger partial charge in [-0.2, -0.15) is 0 Å². The summed E-state index contributed by atoms with van der Waals surface area (Å²) in [6, 6.07) is 3.80. The number of oxime groups is 1. The summed E-state index contributed by atoms with van der Waals surface area (Å²) in [6.07, 6.45) is 2.27. The lowest BCUT2D eigenvalue weighted by Gasteiger charge is -2.09. The molecule has 1 heterocycles. The maximum Gasteiger partial charge on any atom is 0.140 e. The van der Waals surface area contributed by atoms with E-state index in [4.69, 9.17) is 10.9 Å². The van der Waals surface area contributed by atoms with Crippen LogP contribution >= 0.6 is 27.7 Å². The molecule has 82 valence electrons. The Morgan fingerprint density at radius 3 is 3.13 bits per heavy atom. The Morgan fingerprint density at radius 1 is 1.80 bits per heavy atom. The molecule has 0 aromatic carbocycles. The molecule has 0 aliphatic heterocycles. The summed E-state index contributed by atoms with van der Waals surface area (Å²) < 4.78 is 0.960. The summed E-state index contributed by atoms with van der Waals surface area (Å²) in [5, 5.41) is 12.5. The largest absolute Gasteiger partial charge is 0.409 e. The van der Waals surface area contributed by atoms with E-state index in [1.54, 1.807) is 18.0 Å². The van der Waals surface area contributed by atoms with Gasteiger partial charge in [0.15, 0.2) is 0 Å². The van der Waals surface area contributed by atoms with Crippen molar-refractivity contribution in [2.45, 2.75) is 23.6 Å². The normalized spacial score (nSPS) is 13.9. The summed E-state index contributed by atoms with van der Waals surface area (Å²) in [5.74, 6) is 0.238. The number of thioether (sulfide) groups is 1. The molecule has 1 unspecified atom stereocenters. The van der Waals surface area contributed by atoms with E-state index < -0.39 is 0 Å². The molecule has 0 radical (unpaired) electrons. The van der Waals surface area contributed by atoms with Crippen LogP contribution in [0.5, 0.6) is 0 Å². The summed E-state index contributed by atoms with van der Waals surface area (Å²) in [6.45, 7) is 2.00. The molecule has 1 atom stereocenters. The Bertz CT molecular complexity index is 359. The van der Waals surface area contributed by atoms with Crippen LogP contribution < -0.4 is 5.73 Å². The van der Waals surface area contributed by atoms with E-state index in [1.165, 1.54) is 0 Å². The average molecular weight is 290 g/mol. The highest BCUT2D eigenvalue weighted by Crippen LogP contribution is 2.29. The first-order valence-electron chi connectivity index (χ1n) is 4.37. The highest BCUT2D eigenvalue weighted by Gasteiger charge is 2.10. The third kappa shape index (κ3) is 4.09. The topological polar surface area (TPSA) is 71.5 Å². The van der Waals surface area contributed by atoms with Crippen molar-refractivity contribution in [3.8, 4) is 0 Å². The Labute approximate surface area is 101 Å². The van der Waals surface area contributed by atoms with Crippen LogP contribution in [0.15, 0.2) is 33.0 Å². The van der Waals surface area contributed by atoms with Gasteiger partial charge in [-0.3, -0.25) is 0 Å². The zero-order valence-electron chi connectivity index (χ0n) is 8.22. The van der Waals surface area contributed by atoms with Gasteiger partial charge in [0.1, 0.15) is 10.9 Å². The third-order valence-corrected chi connectivity index (χ3v) is 3.68. The standard InChI is InChI=1S/C9H12BrN3OS/c1-6(5-8(11)13-14)15-9-7(10)3-2-4-12-9/h2-4,6,14H,5H2,1H3,(H2,11,13). The summed E-state index contributed by atoms with van der Waals surface area (Å²) in [5.41, 5.74) is 5.42.